The summed E-state index contributed by atoms with van der Waals surface area (Å²) in [6.07, 6.45) is 15.8. The summed E-state index contributed by atoms with van der Waals surface area (Å²) >= 11 is 1.71. The molecular weight excluding hydrogens is 604 g/mol. The average Bonchev–Trinajstić information content (AvgIpc) is 3.35. The zero-order chi connectivity index (χ0) is 29.5. The molecule has 0 aliphatic rings. The topological polar surface area (TPSA) is 42.2 Å². The van der Waals surface area contributed by atoms with Gasteiger partial charge in [-0.15, -0.1) is 0 Å². The third-order valence-corrected chi connectivity index (χ3v) is 8.65. The molecule has 0 saturated carbocycles. The van der Waals surface area contributed by atoms with Gasteiger partial charge in [-0.1, -0.05) is 128 Å². The van der Waals surface area contributed by atoms with Crippen LogP contribution in [0.3, 0.4) is 0 Å². The number of hydrogen-bond donors (Lipinski definition) is 1. The number of nitrogens with one attached hydrogen (secondary N) is 1. The van der Waals surface area contributed by atoms with Gasteiger partial charge in [0.1, 0.15) is 5.75 Å². The van der Waals surface area contributed by atoms with Gasteiger partial charge < -0.3 is 27.0 Å². The first-order valence-electron chi connectivity index (χ1n) is 15.9. The van der Waals surface area contributed by atoms with E-state index in [0.29, 0.717) is 17.9 Å². The highest BCUT2D eigenvalue weighted by Gasteiger charge is 2.19. The quantitative estimate of drug-likeness (QED) is 0.118. The lowest BCUT2D eigenvalue weighted by Gasteiger charge is -2.21. The molecule has 0 aliphatic heterocycles. The van der Waals surface area contributed by atoms with Crippen molar-refractivity contribution in [2.45, 2.75) is 124 Å². The summed E-state index contributed by atoms with van der Waals surface area (Å²) in [6.45, 7) is 12.4. The number of aryl methyl sites for hydroxylation is 1. The second-order valence-corrected chi connectivity index (χ2v) is 13.2. The van der Waals surface area contributed by atoms with Crippen molar-refractivity contribution >= 4 is 22.9 Å². The van der Waals surface area contributed by atoms with E-state index in [1.54, 1.807) is 11.3 Å². The summed E-state index contributed by atoms with van der Waals surface area (Å²) in [7, 11) is 0. The lowest BCUT2D eigenvalue weighted by molar-refractivity contribution is -0.689. The van der Waals surface area contributed by atoms with E-state index in [4.69, 9.17) is 4.74 Å². The molecule has 3 rings (SSSR count). The normalized spacial score (nSPS) is 11.3. The summed E-state index contributed by atoms with van der Waals surface area (Å²) in [5.74, 6) is 0.546. The van der Waals surface area contributed by atoms with Crippen LogP contribution in [0.25, 0.3) is 0 Å². The van der Waals surface area contributed by atoms with Gasteiger partial charge in [-0.25, -0.2) is 0 Å². The van der Waals surface area contributed by atoms with E-state index in [2.05, 4.69) is 79.7 Å². The second-order valence-electron chi connectivity index (χ2n) is 12.5. The second kappa shape index (κ2) is 19.2. The number of unbranched alkanes of at least 4 members (excludes halogenated alkanes) is 11. The number of thiazole rings is 1. The van der Waals surface area contributed by atoms with Crippen LogP contribution < -0.4 is 31.6 Å². The lowest BCUT2D eigenvalue weighted by atomic mass is 9.86. The Morgan fingerprint density at radius 2 is 1.45 bits per heavy atom. The molecule has 42 heavy (non-hydrogen) atoms. The predicted molar refractivity (Wildman–Crippen MR) is 174 cm³/mol. The highest BCUT2D eigenvalue weighted by Crippen LogP contribution is 2.29. The zero-order valence-corrected chi connectivity index (χ0v) is 29.0. The number of nitrogens with zero attached hydrogens (tertiary/aromatic N) is 1. The molecule has 1 aromatic heterocycles. The molecule has 2 aromatic carbocycles. The van der Waals surface area contributed by atoms with Gasteiger partial charge in [0.05, 0.1) is 17.6 Å². The SMILES string of the molecule is CCCCCCCCCCCCCCOc1cc(C(C)(C)C)ccc1C(=O)Nc1ccc(C[n+]2cscc2C)cc1.[Br-]. The highest BCUT2D eigenvalue weighted by molar-refractivity contribution is 7.07. The fraction of sp³-hybridized carbons (Fsp3) is 0.556. The summed E-state index contributed by atoms with van der Waals surface area (Å²) in [4.78, 5) is 13.3. The average molecular weight is 658 g/mol. The summed E-state index contributed by atoms with van der Waals surface area (Å²) in [5, 5.41) is 5.23. The van der Waals surface area contributed by atoms with Gasteiger partial charge in [-0.2, -0.15) is 4.57 Å². The van der Waals surface area contributed by atoms with Crippen molar-refractivity contribution in [2.24, 2.45) is 0 Å². The first kappa shape index (κ1) is 36.0. The Labute approximate surface area is 270 Å². The minimum atomic E-state index is -0.133. The van der Waals surface area contributed by atoms with Gasteiger partial charge in [0, 0.05) is 18.2 Å². The van der Waals surface area contributed by atoms with E-state index >= 15 is 0 Å². The first-order chi connectivity index (χ1) is 19.8. The molecular formula is C36H53BrN2O2S. The maximum absolute atomic E-state index is 13.3. The third-order valence-electron chi connectivity index (χ3n) is 7.79. The zero-order valence-electron chi connectivity index (χ0n) is 26.6. The molecule has 0 atom stereocenters. The Hall–Kier alpha value is -2.18. The van der Waals surface area contributed by atoms with E-state index in [1.165, 1.54) is 87.4 Å². The molecule has 232 valence electrons. The molecule has 0 radical (unpaired) electrons. The maximum Gasteiger partial charge on any atom is 0.259 e. The van der Waals surface area contributed by atoms with Crippen molar-refractivity contribution in [1.82, 2.24) is 0 Å². The largest absolute Gasteiger partial charge is 1.00 e. The van der Waals surface area contributed by atoms with Gasteiger partial charge >= 0.3 is 0 Å². The van der Waals surface area contributed by atoms with Crippen LogP contribution in [0.1, 0.15) is 132 Å². The van der Waals surface area contributed by atoms with Gasteiger partial charge in [0.15, 0.2) is 12.2 Å². The Morgan fingerprint density at radius 3 is 2.00 bits per heavy atom. The Morgan fingerprint density at radius 1 is 0.857 bits per heavy atom. The third kappa shape index (κ3) is 12.6. The van der Waals surface area contributed by atoms with E-state index in [1.807, 2.05) is 18.2 Å². The Bertz CT molecular complexity index is 1180. The number of carbonyl (C=O) groups excluding carboxylic acids is 1. The summed E-state index contributed by atoms with van der Waals surface area (Å²) in [6, 6.07) is 14.1. The van der Waals surface area contributed by atoms with Gasteiger partial charge in [-0.3, -0.25) is 4.79 Å². The summed E-state index contributed by atoms with van der Waals surface area (Å²) < 4.78 is 8.48. The number of halogens is 1. The van der Waals surface area contributed by atoms with E-state index in [0.717, 1.165) is 18.7 Å². The van der Waals surface area contributed by atoms with Gasteiger partial charge in [0.25, 0.3) is 5.91 Å². The maximum atomic E-state index is 13.3. The molecule has 1 amide bonds. The monoisotopic (exact) mass is 656 g/mol. The van der Waals surface area contributed by atoms with Crippen LogP contribution in [-0.2, 0) is 12.0 Å². The molecule has 1 heterocycles. The highest BCUT2D eigenvalue weighted by atomic mass is 79.9. The fourth-order valence-corrected chi connectivity index (χ4v) is 5.81. The van der Waals surface area contributed by atoms with Gasteiger partial charge in [0.2, 0.25) is 5.51 Å². The number of anilines is 1. The molecule has 0 unspecified atom stereocenters. The standard InChI is InChI=1S/C36H52N2O2S.BrH/c1-6-7-8-9-10-11-12-13-14-15-16-17-24-40-34-25-31(36(3,4)5)20-23-33(34)35(39)37-32-21-18-30(19-22-32)26-38-28-41-27-29(38)2;/h18-23,25,27-28H,6-17,24,26H2,1-5H3;1H. The van der Waals surface area contributed by atoms with Crippen LogP contribution in [0, 0.1) is 6.92 Å². The van der Waals surface area contributed by atoms with Crippen LogP contribution in [0.15, 0.2) is 53.4 Å². The van der Waals surface area contributed by atoms with Crippen molar-refractivity contribution in [2.75, 3.05) is 11.9 Å². The number of amides is 1. The molecule has 4 nitrogen and oxygen atoms in total. The lowest BCUT2D eigenvalue weighted by Crippen LogP contribution is -3.00. The predicted octanol–water partition coefficient (Wildman–Crippen LogP) is 7.03. The van der Waals surface area contributed by atoms with Crippen molar-refractivity contribution in [1.29, 1.82) is 0 Å². The minimum absolute atomic E-state index is 0. The molecule has 0 bridgehead atoms. The Balaban J connectivity index is 0.00000616. The number of ether oxygens (including phenoxy) is 1. The van der Waals surface area contributed by atoms with Crippen molar-refractivity contribution in [3.63, 3.8) is 0 Å². The van der Waals surface area contributed by atoms with Crippen LogP contribution >= 0.6 is 11.3 Å². The van der Waals surface area contributed by atoms with Crippen molar-refractivity contribution in [3.8, 4) is 5.75 Å². The molecule has 0 fully saturated rings. The number of hydrogen-bond acceptors (Lipinski definition) is 3. The number of aromatic nitrogens is 1. The Kier molecular flexibility index (Phi) is 16.4. The van der Waals surface area contributed by atoms with Crippen LogP contribution in [0.2, 0.25) is 0 Å². The molecule has 6 heteroatoms. The fourth-order valence-electron chi connectivity index (χ4n) is 5.02. The smallest absolute Gasteiger partial charge is 0.259 e. The van der Waals surface area contributed by atoms with Crippen LogP contribution in [0.5, 0.6) is 5.75 Å². The molecule has 3 aromatic rings. The molecule has 1 N–H and O–H groups in total. The van der Waals surface area contributed by atoms with E-state index < -0.39 is 0 Å². The molecule has 0 aliphatic carbocycles. The van der Waals surface area contributed by atoms with E-state index in [9.17, 15) is 4.79 Å². The number of rotatable bonds is 18. The van der Waals surface area contributed by atoms with Gasteiger partial charge in [-0.05, 0) is 41.7 Å². The first-order valence-corrected chi connectivity index (χ1v) is 16.8. The molecule has 0 spiro atoms. The van der Waals surface area contributed by atoms with Crippen LogP contribution in [0.4, 0.5) is 5.69 Å². The number of carbonyl (C=O) groups is 1. The van der Waals surface area contributed by atoms with E-state index in [-0.39, 0.29) is 28.3 Å². The minimum Gasteiger partial charge on any atom is -1.00 e. The number of benzene rings is 2. The summed E-state index contributed by atoms with van der Waals surface area (Å²) in [5.41, 5.74) is 7.12. The van der Waals surface area contributed by atoms with Crippen molar-refractivity contribution in [3.05, 3.63) is 75.7 Å². The molecule has 0 saturated heterocycles. The van der Waals surface area contributed by atoms with Crippen molar-refractivity contribution < 1.29 is 31.1 Å². The van der Waals surface area contributed by atoms with Crippen LogP contribution in [-0.4, -0.2) is 12.5 Å².